The third kappa shape index (κ3) is 3.58. The fraction of sp³-hybridized carbons (Fsp3) is 0.812. The van der Waals surface area contributed by atoms with Crippen LogP contribution in [-0.4, -0.2) is 36.3 Å². The summed E-state index contributed by atoms with van der Waals surface area (Å²) >= 11 is 1.88. The van der Waals surface area contributed by atoms with Gasteiger partial charge in [-0.1, -0.05) is 27.2 Å². The summed E-state index contributed by atoms with van der Waals surface area (Å²) in [5.41, 5.74) is 1.30. The number of morpholine rings is 1. The minimum Gasteiger partial charge on any atom is -0.371 e. The molecule has 5 heteroatoms. The molecule has 0 aromatic carbocycles. The van der Waals surface area contributed by atoms with E-state index in [0.717, 1.165) is 32.5 Å². The van der Waals surface area contributed by atoms with Gasteiger partial charge >= 0.3 is 0 Å². The van der Waals surface area contributed by atoms with E-state index in [2.05, 4.69) is 31.0 Å². The second-order valence-electron chi connectivity index (χ2n) is 6.51. The Morgan fingerprint density at radius 3 is 2.67 bits per heavy atom. The molecule has 21 heavy (non-hydrogen) atoms. The first kappa shape index (κ1) is 15.3. The highest BCUT2D eigenvalue weighted by atomic mass is 32.1. The molecular weight excluding hydrogens is 282 g/mol. The molecule has 118 valence electrons. The fourth-order valence-electron chi connectivity index (χ4n) is 3.14. The summed E-state index contributed by atoms with van der Waals surface area (Å²) in [5, 5.41) is 4.74. The molecule has 0 aliphatic carbocycles. The van der Waals surface area contributed by atoms with Gasteiger partial charge < -0.3 is 15.0 Å². The normalized spacial score (nSPS) is 25.0. The summed E-state index contributed by atoms with van der Waals surface area (Å²) in [6, 6.07) is 0.518. The van der Waals surface area contributed by atoms with Crippen molar-refractivity contribution in [3.63, 3.8) is 0 Å². The van der Waals surface area contributed by atoms with E-state index in [9.17, 15) is 0 Å². The number of hydrogen-bond donors (Lipinski definition) is 1. The van der Waals surface area contributed by atoms with E-state index in [1.54, 1.807) is 0 Å². The van der Waals surface area contributed by atoms with Gasteiger partial charge in [0, 0.05) is 30.6 Å². The van der Waals surface area contributed by atoms with Crippen molar-refractivity contribution in [2.24, 2.45) is 0 Å². The van der Waals surface area contributed by atoms with E-state index < -0.39 is 0 Å². The Hall–Kier alpha value is -0.650. The molecule has 0 amide bonds. The van der Waals surface area contributed by atoms with Gasteiger partial charge in [-0.2, -0.15) is 0 Å². The summed E-state index contributed by atoms with van der Waals surface area (Å²) in [6.45, 7) is 9.61. The zero-order valence-corrected chi connectivity index (χ0v) is 14.2. The van der Waals surface area contributed by atoms with Gasteiger partial charge in [0.1, 0.15) is 0 Å². The maximum absolute atomic E-state index is 5.94. The molecule has 0 radical (unpaired) electrons. The average Bonchev–Trinajstić information content (AvgIpc) is 3.00. The van der Waals surface area contributed by atoms with Crippen LogP contribution in [0.1, 0.15) is 50.6 Å². The topological polar surface area (TPSA) is 37.4 Å². The summed E-state index contributed by atoms with van der Waals surface area (Å²) in [5.74, 6) is 0. The van der Waals surface area contributed by atoms with Crippen molar-refractivity contribution in [1.29, 1.82) is 0 Å². The maximum atomic E-state index is 5.94. The molecule has 0 saturated carbocycles. The molecule has 4 nitrogen and oxygen atoms in total. The van der Waals surface area contributed by atoms with Crippen molar-refractivity contribution in [3.05, 3.63) is 10.6 Å². The Morgan fingerprint density at radius 2 is 2.05 bits per heavy atom. The van der Waals surface area contributed by atoms with Crippen molar-refractivity contribution >= 4 is 16.5 Å². The fourth-order valence-corrected chi connectivity index (χ4v) is 4.22. The highest BCUT2D eigenvalue weighted by Gasteiger charge is 2.35. The molecule has 2 unspecified atom stereocenters. The van der Waals surface area contributed by atoms with Crippen LogP contribution in [0.3, 0.4) is 0 Å². The average molecular weight is 309 g/mol. The van der Waals surface area contributed by atoms with Gasteiger partial charge in [-0.3, -0.25) is 0 Å². The number of anilines is 1. The van der Waals surface area contributed by atoms with Crippen LogP contribution in [0.25, 0.3) is 0 Å². The third-order valence-electron chi connectivity index (χ3n) is 4.24. The SMILES string of the molecule is CCCc1nc(N2CC3CCC(C2)O3)sc1CNC(C)C. The number of nitrogens with zero attached hydrogens (tertiary/aromatic N) is 2. The van der Waals surface area contributed by atoms with Gasteiger partial charge in [0.05, 0.1) is 17.9 Å². The Balaban J connectivity index is 1.74. The highest BCUT2D eigenvalue weighted by Crippen LogP contribution is 2.33. The van der Waals surface area contributed by atoms with Crippen LogP contribution in [0.5, 0.6) is 0 Å². The van der Waals surface area contributed by atoms with Crippen molar-refractivity contribution in [2.75, 3.05) is 18.0 Å². The Bertz CT molecular complexity index is 462. The smallest absolute Gasteiger partial charge is 0.186 e. The lowest BCUT2D eigenvalue weighted by Gasteiger charge is -2.31. The van der Waals surface area contributed by atoms with Gasteiger partial charge in [0.15, 0.2) is 5.13 Å². The summed E-state index contributed by atoms with van der Waals surface area (Å²) in [4.78, 5) is 8.82. The zero-order valence-electron chi connectivity index (χ0n) is 13.4. The van der Waals surface area contributed by atoms with Gasteiger partial charge in [0.25, 0.3) is 0 Å². The molecule has 2 bridgehead atoms. The number of rotatable bonds is 6. The lowest BCUT2D eigenvalue weighted by Crippen LogP contribution is -2.42. The number of aromatic nitrogens is 1. The quantitative estimate of drug-likeness (QED) is 0.876. The van der Waals surface area contributed by atoms with E-state index >= 15 is 0 Å². The molecule has 2 aliphatic heterocycles. The first-order valence-corrected chi connectivity index (χ1v) is 9.09. The van der Waals surface area contributed by atoms with Crippen LogP contribution < -0.4 is 10.2 Å². The number of fused-ring (bicyclic) bond motifs is 2. The van der Waals surface area contributed by atoms with Gasteiger partial charge in [-0.25, -0.2) is 4.98 Å². The molecule has 2 aliphatic rings. The molecule has 0 spiro atoms. The summed E-state index contributed by atoms with van der Waals surface area (Å²) in [6.07, 6.45) is 5.54. The van der Waals surface area contributed by atoms with E-state index in [4.69, 9.17) is 9.72 Å². The summed E-state index contributed by atoms with van der Waals surface area (Å²) in [7, 11) is 0. The lowest BCUT2D eigenvalue weighted by atomic mass is 10.2. The zero-order chi connectivity index (χ0) is 14.8. The minimum absolute atomic E-state index is 0.430. The molecule has 1 N–H and O–H groups in total. The largest absolute Gasteiger partial charge is 0.371 e. The van der Waals surface area contributed by atoms with Crippen LogP contribution in [0, 0.1) is 0 Å². The Labute approximate surface area is 131 Å². The Kier molecular flexibility index (Phi) is 4.82. The minimum atomic E-state index is 0.430. The molecule has 2 fully saturated rings. The predicted molar refractivity (Wildman–Crippen MR) is 88.2 cm³/mol. The Morgan fingerprint density at radius 1 is 1.33 bits per heavy atom. The standard InChI is InChI=1S/C16H27N3OS/c1-4-5-14-15(8-17-11(2)3)21-16(18-14)19-9-12-6-7-13(10-19)20-12/h11-13,17H,4-10H2,1-3H3. The molecule has 2 saturated heterocycles. The van der Waals surface area contributed by atoms with Crippen molar-refractivity contribution < 1.29 is 4.74 Å². The van der Waals surface area contributed by atoms with Crippen LogP contribution in [0.2, 0.25) is 0 Å². The second kappa shape index (κ2) is 6.63. The van der Waals surface area contributed by atoms with Crippen molar-refractivity contribution in [2.45, 2.75) is 71.2 Å². The van der Waals surface area contributed by atoms with E-state index in [-0.39, 0.29) is 0 Å². The van der Waals surface area contributed by atoms with Gasteiger partial charge in [-0.15, -0.1) is 11.3 Å². The monoisotopic (exact) mass is 309 g/mol. The highest BCUT2D eigenvalue weighted by molar-refractivity contribution is 7.15. The summed E-state index contributed by atoms with van der Waals surface area (Å²) < 4.78 is 5.94. The van der Waals surface area contributed by atoms with E-state index in [1.807, 2.05) is 11.3 Å². The number of ether oxygens (including phenoxy) is 1. The molecule has 3 rings (SSSR count). The lowest BCUT2D eigenvalue weighted by molar-refractivity contribution is 0.0305. The molecule has 2 atom stereocenters. The van der Waals surface area contributed by atoms with E-state index in [0.29, 0.717) is 18.2 Å². The maximum Gasteiger partial charge on any atom is 0.186 e. The van der Waals surface area contributed by atoms with Crippen LogP contribution in [0.4, 0.5) is 5.13 Å². The van der Waals surface area contributed by atoms with Crippen molar-refractivity contribution in [3.8, 4) is 0 Å². The van der Waals surface area contributed by atoms with Crippen LogP contribution >= 0.6 is 11.3 Å². The number of thiazole rings is 1. The van der Waals surface area contributed by atoms with Gasteiger partial charge in [-0.05, 0) is 19.3 Å². The van der Waals surface area contributed by atoms with E-state index in [1.165, 1.54) is 28.5 Å². The number of hydrogen-bond acceptors (Lipinski definition) is 5. The van der Waals surface area contributed by atoms with Gasteiger partial charge in [0.2, 0.25) is 0 Å². The first-order chi connectivity index (χ1) is 10.2. The first-order valence-electron chi connectivity index (χ1n) is 8.28. The third-order valence-corrected chi connectivity index (χ3v) is 5.40. The predicted octanol–water partition coefficient (Wildman–Crippen LogP) is 2.96. The number of nitrogens with one attached hydrogen (secondary N) is 1. The molecule has 1 aromatic rings. The second-order valence-corrected chi connectivity index (χ2v) is 7.58. The molecule has 3 heterocycles. The number of aryl methyl sites for hydroxylation is 1. The molecule has 1 aromatic heterocycles. The van der Waals surface area contributed by atoms with Crippen LogP contribution in [0.15, 0.2) is 0 Å². The molecular formula is C16H27N3OS. The van der Waals surface area contributed by atoms with Crippen molar-refractivity contribution in [1.82, 2.24) is 10.3 Å². The van der Waals surface area contributed by atoms with Crippen LogP contribution in [-0.2, 0) is 17.7 Å².